The highest BCUT2D eigenvalue weighted by molar-refractivity contribution is 5.02. The van der Waals surface area contributed by atoms with Crippen molar-refractivity contribution in [3.05, 3.63) is 0 Å². The highest BCUT2D eigenvalue weighted by atomic mass is 16.7. The number of hydrogen-bond acceptors (Lipinski definition) is 14. The first-order chi connectivity index (χ1) is 15.8. The fourth-order valence-electron chi connectivity index (χ4n) is 4.95. The van der Waals surface area contributed by atoms with Gasteiger partial charge in [-0.05, 0) is 27.3 Å². The molecule has 0 bridgehead atoms. The minimum Gasteiger partial charge on any atom is -0.391 e. The number of likely N-dealkylation sites (N-methyl/N-ethyl adjacent to an activating group) is 1. The maximum absolute atomic E-state index is 11.1. The van der Waals surface area contributed by atoms with Gasteiger partial charge in [0.15, 0.2) is 12.6 Å². The zero-order chi connectivity index (χ0) is 25.5. The molecule has 13 N–H and O–H groups in total. The first-order valence-electron chi connectivity index (χ1n) is 11.4. The van der Waals surface area contributed by atoms with Crippen LogP contribution in [0.2, 0.25) is 0 Å². The van der Waals surface area contributed by atoms with E-state index < -0.39 is 91.2 Å². The Balaban J connectivity index is 1.73. The fraction of sp³-hybridized carbons (Fsp3) is 1.00. The number of rotatable bonds is 6. The van der Waals surface area contributed by atoms with E-state index in [1.807, 2.05) is 0 Å². The molecule has 1 aliphatic carbocycles. The Hall–Kier alpha value is -0.560. The molecule has 2 saturated heterocycles. The third-order valence-corrected chi connectivity index (χ3v) is 6.95. The summed E-state index contributed by atoms with van der Waals surface area (Å²) in [4.78, 5) is 0. The van der Waals surface area contributed by atoms with Crippen molar-refractivity contribution in [2.45, 2.75) is 111 Å². The van der Waals surface area contributed by atoms with Gasteiger partial charge in [-0.15, -0.1) is 0 Å². The van der Waals surface area contributed by atoms with Crippen LogP contribution in [0.15, 0.2) is 0 Å². The Morgan fingerprint density at radius 3 is 2.03 bits per heavy atom. The van der Waals surface area contributed by atoms with Gasteiger partial charge < -0.3 is 72.1 Å². The van der Waals surface area contributed by atoms with Crippen molar-refractivity contribution in [2.24, 2.45) is 17.2 Å². The molecule has 0 unspecified atom stereocenters. The molecule has 14 heteroatoms. The average molecular weight is 497 g/mol. The zero-order valence-corrected chi connectivity index (χ0v) is 19.5. The molecule has 0 amide bonds. The predicted octanol–water partition coefficient (Wildman–Crippen LogP) is -5.61. The summed E-state index contributed by atoms with van der Waals surface area (Å²) in [6, 6.07) is -3.47. The SMILES string of the molecule is CN[C@H]1[C@H](O)[C@H](O[C@H]2[C@H](O)[C@@H](O[C@H]3O[C@H]([C@@H](C)O)[C@@H](O)[C@H](O)[C@H]3N)[C@H](N)C[C@@H]2N)OC[C@@]1(C)O. The van der Waals surface area contributed by atoms with Crippen molar-refractivity contribution in [3.8, 4) is 0 Å². The summed E-state index contributed by atoms with van der Waals surface area (Å²) in [5.74, 6) is 0. The molecule has 0 aromatic heterocycles. The lowest BCUT2D eigenvalue weighted by Gasteiger charge is -2.49. The van der Waals surface area contributed by atoms with Gasteiger partial charge in [-0.2, -0.15) is 0 Å². The highest BCUT2D eigenvalue weighted by Crippen LogP contribution is 2.32. The Labute approximate surface area is 197 Å². The molecule has 34 heavy (non-hydrogen) atoms. The highest BCUT2D eigenvalue weighted by Gasteiger charge is 2.52. The van der Waals surface area contributed by atoms with E-state index >= 15 is 0 Å². The largest absolute Gasteiger partial charge is 0.391 e. The second-order valence-corrected chi connectivity index (χ2v) is 9.82. The summed E-state index contributed by atoms with van der Waals surface area (Å²) >= 11 is 0. The van der Waals surface area contributed by atoms with E-state index in [4.69, 9.17) is 36.1 Å². The lowest BCUT2D eigenvalue weighted by atomic mass is 9.84. The van der Waals surface area contributed by atoms with Gasteiger partial charge >= 0.3 is 0 Å². The third-order valence-electron chi connectivity index (χ3n) is 6.95. The molecule has 14 nitrogen and oxygen atoms in total. The maximum Gasteiger partial charge on any atom is 0.185 e. The average Bonchev–Trinajstić information content (AvgIpc) is 2.75. The second-order valence-electron chi connectivity index (χ2n) is 9.82. The van der Waals surface area contributed by atoms with Crippen molar-refractivity contribution in [1.29, 1.82) is 0 Å². The number of aliphatic hydroxyl groups is 6. The summed E-state index contributed by atoms with van der Waals surface area (Å²) in [6.07, 6.45) is -12.4. The fourth-order valence-corrected chi connectivity index (χ4v) is 4.95. The number of hydrogen-bond donors (Lipinski definition) is 10. The number of ether oxygens (including phenoxy) is 4. The number of aliphatic hydroxyl groups excluding tert-OH is 5. The quantitative estimate of drug-likeness (QED) is 0.165. The van der Waals surface area contributed by atoms with Crippen molar-refractivity contribution >= 4 is 0 Å². The van der Waals surface area contributed by atoms with Crippen molar-refractivity contribution < 1.29 is 49.6 Å². The topological polar surface area (TPSA) is 248 Å². The molecule has 0 aromatic rings. The van der Waals surface area contributed by atoms with Crippen molar-refractivity contribution in [2.75, 3.05) is 13.7 Å². The Bertz CT molecular complexity index is 675. The van der Waals surface area contributed by atoms with Crippen molar-refractivity contribution in [1.82, 2.24) is 5.32 Å². The first-order valence-corrected chi connectivity index (χ1v) is 11.4. The molecule has 15 atom stereocenters. The molecule has 2 aliphatic heterocycles. The van der Waals surface area contributed by atoms with Gasteiger partial charge in [-0.3, -0.25) is 0 Å². The zero-order valence-electron chi connectivity index (χ0n) is 19.5. The molecule has 3 fully saturated rings. The minimum atomic E-state index is -1.46. The van der Waals surface area contributed by atoms with Crippen LogP contribution in [0.4, 0.5) is 0 Å². The van der Waals surface area contributed by atoms with Gasteiger partial charge in [0.05, 0.1) is 24.8 Å². The van der Waals surface area contributed by atoms with Crippen LogP contribution < -0.4 is 22.5 Å². The molecule has 200 valence electrons. The molecule has 2 heterocycles. The Morgan fingerprint density at radius 1 is 0.941 bits per heavy atom. The Kier molecular flexibility index (Phi) is 8.92. The lowest BCUT2D eigenvalue weighted by molar-refractivity contribution is -0.319. The number of nitrogens with two attached hydrogens (primary N) is 3. The van der Waals surface area contributed by atoms with Gasteiger partial charge in [0, 0.05) is 12.1 Å². The summed E-state index contributed by atoms with van der Waals surface area (Å²) in [5.41, 5.74) is 17.0. The van der Waals surface area contributed by atoms with E-state index in [1.54, 1.807) is 7.05 Å². The van der Waals surface area contributed by atoms with Crippen LogP contribution in [0.1, 0.15) is 20.3 Å². The normalized spacial score (nSPS) is 53.5. The lowest BCUT2D eigenvalue weighted by Crippen LogP contribution is -2.69. The van der Waals surface area contributed by atoms with Crippen LogP contribution in [0.25, 0.3) is 0 Å². The van der Waals surface area contributed by atoms with Crippen LogP contribution in [0.5, 0.6) is 0 Å². The van der Waals surface area contributed by atoms with Crippen molar-refractivity contribution in [3.63, 3.8) is 0 Å². The van der Waals surface area contributed by atoms with E-state index in [9.17, 15) is 30.6 Å². The van der Waals surface area contributed by atoms with Crippen LogP contribution >= 0.6 is 0 Å². The van der Waals surface area contributed by atoms with Crippen LogP contribution in [0.3, 0.4) is 0 Å². The molecule has 3 rings (SSSR count). The van der Waals surface area contributed by atoms with E-state index in [1.165, 1.54) is 13.8 Å². The van der Waals surface area contributed by atoms with Gasteiger partial charge in [0.25, 0.3) is 0 Å². The summed E-state index contributed by atoms with van der Waals surface area (Å²) in [7, 11) is 1.58. The van der Waals surface area contributed by atoms with Crippen LogP contribution in [-0.4, -0.2) is 135 Å². The molecule has 0 radical (unpaired) electrons. The third kappa shape index (κ3) is 5.40. The molecular formula is C20H40N4O10. The monoisotopic (exact) mass is 496 g/mol. The molecule has 1 saturated carbocycles. The van der Waals surface area contributed by atoms with E-state index in [0.717, 1.165) is 0 Å². The van der Waals surface area contributed by atoms with E-state index in [0.29, 0.717) is 0 Å². The van der Waals surface area contributed by atoms with Crippen LogP contribution in [0, 0.1) is 0 Å². The van der Waals surface area contributed by atoms with Gasteiger partial charge in [-0.25, -0.2) is 0 Å². The summed E-state index contributed by atoms with van der Waals surface area (Å²) < 4.78 is 22.8. The molecule has 3 aliphatic rings. The Morgan fingerprint density at radius 2 is 1.50 bits per heavy atom. The van der Waals surface area contributed by atoms with Gasteiger partial charge in [0.1, 0.15) is 48.3 Å². The smallest absolute Gasteiger partial charge is 0.185 e. The van der Waals surface area contributed by atoms with E-state index in [-0.39, 0.29) is 13.0 Å². The summed E-state index contributed by atoms with van der Waals surface area (Å²) in [6.45, 7) is 2.75. The van der Waals surface area contributed by atoms with E-state index in [2.05, 4.69) is 5.32 Å². The van der Waals surface area contributed by atoms with Gasteiger partial charge in [0.2, 0.25) is 0 Å². The maximum atomic E-state index is 11.1. The van der Waals surface area contributed by atoms with Crippen LogP contribution in [-0.2, 0) is 18.9 Å². The van der Waals surface area contributed by atoms with Gasteiger partial charge in [-0.1, -0.05) is 0 Å². The predicted molar refractivity (Wildman–Crippen MR) is 116 cm³/mol. The second kappa shape index (κ2) is 10.8. The first kappa shape index (κ1) is 28.0. The summed E-state index contributed by atoms with van der Waals surface area (Å²) in [5, 5.41) is 65.2. The molecule has 0 spiro atoms. The number of nitrogens with one attached hydrogen (secondary N) is 1. The standard InChI is InChI=1S/C20H40N4O10/c1-6(25)14-11(27)10(26)9(23)18(32-14)33-15-7(21)4-8(22)16(12(15)28)34-19-13(29)17(24-3)20(2,30)5-31-19/h6-19,24-30H,4-5,21-23H2,1-3H3/t6-,7-,8+,9-,10-,11+,12-,13+,14-,15+,16-,17+,18-,19+,20-/m1/s1. The molecule has 0 aromatic carbocycles. The minimum absolute atomic E-state index is 0.135. The molecular weight excluding hydrogens is 456 g/mol.